The number of aromatic nitrogens is 1. The first-order valence-corrected chi connectivity index (χ1v) is 6.58. The number of pyridine rings is 1. The summed E-state index contributed by atoms with van der Waals surface area (Å²) in [5.74, 6) is 6.23. The summed E-state index contributed by atoms with van der Waals surface area (Å²) in [6.07, 6.45) is 0. The van der Waals surface area contributed by atoms with Crippen molar-refractivity contribution in [1.29, 1.82) is 0 Å². The smallest absolute Gasteiger partial charge is 0.149 e. The summed E-state index contributed by atoms with van der Waals surface area (Å²) in [5, 5.41) is 7.25. The molecule has 3 nitrogen and oxygen atoms in total. The average Bonchev–Trinajstić information content (AvgIpc) is 2.97. The van der Waals surface area contributed by atoms with Crippen LogP contribution in [0.4, 0.5) is 5.82 Å². The normalized spacial score (nSPS) is 10.2. The Kier molecular flexibility index (Phi) is 3.63. The van der Waals surface area contributed by atoms with Crippen molar-refractivity contribution in [2.24, 2.45) is 5.84 Å². The van der Waals surface area contributed by atoms with E-state index in [0.717, 1.165) is 22.5 Å². The minimum Gasteiger partial charge on any atom is -0.308 e. The van der Waals surface area contributed by atoms with E-state index in [2.05, 4.69) is 27.9 Å². The first kappa shape index (κ1) is 12.3. The third-order valence-electron chi connectivity index (χ3n) is 2.40. The van der Waals surface area contributed by atoms with Crippen LogP contribution in [0.3, 0.4) is 0 Å². The third kappa shape index (κ3) is 2.14. The molecule has 0 aliphatic rings. The summed E-state index contributed by atoms with van der Waals surface area (Å²) >= 11 is 3.36. The lowest BCUT2D eigenvalue weighted by molar-refractivity contribution is 1.26. The van der Waals surface area contributed by atoms with Gasteiger partial charge in [0, 0.05) is 21.0 Å². The van der Waals surface area contributed by atoms with Crippen LogP contribution in [0.25, 0.3) is 21.3 Å². The van der Waals surface area contributed by atoms with Gasteiger partial charge in [0.1, 0.15) is 5.82 Å². The number of anilines is 1. The number of nitrogens with zero attached hydrogens (tertiary/aromatic N) is 1. The molecule has 0 amide bonds. The van der Waals surface area contributed by atoms with Gasteiger partial charge in [-0.15, -0.1) is 23.7 Å². The molecule has 0 aromatic carbocycles. The Hall–Kier alpha value is -1.14. The van der Waals surface area contributed by atoms with Crippen molar-refractivity contribution < 1.29 is 0 Å². The number of fused-ring (bicyclic) bond motifs is 1. The van der Waals surface area contributed by atoms with Crippen LogP contribution in [-0.2, 0) is 0 Å². The zero-order valence-corrected chi connectivity index (χ0v) is 11.2. The van der Waals surface area contributed by atoms with E-state index in [1.165, 1.54) is 4.70 Å². The van der Waals surface area contributed by atoms with E-state index in [1.54, 1.807) is 22.7 Å². The number of hydrogen-bond acceptors (Lipinski definition) is 5. The number of nitrogens with one attached hydrogen (secondary N) is 1. The number of rotatable bonds is 2. The molecule has 0 aliphatic carbocycles. The van der Waals surface area contributed by atoms with Gasteiger partial charge < -0.3 is 5.43 Å². The monoisotopic (exact) mass is 283 g/mol. The summed E-state index contributed by atoms with van der Waals surface area (Å²) in [6, 6.07) is 6.19. The fraction of sp³-hybridized carbons (Fsp3) is 0. The lowest BCUT2D eigenvalue weighted by Crippen LogP contribution is -2.08. The molecule has 0 radical (unpaired) electrons. The van der Waals surface area contributed by atoms with Crippen molar-refractivity contribution in [3.05, 3.63) is 34.3 Å². The fourth-order valence-electron chi connectivity index (χ4n) is 1.63. The summed E-state index contributed by atoms with van der Waals surface area (Å²) in [4.78, 5) is 4.51. The van der Waals surface area contributed by atoms with Gasteiger partial charge in [-0.3, -0.25) is 0 Å². The van der Waals surface area contributed by atoms with Crippen LogP contribution in [0.5, 0.6) is 0 Å². The molecule has 0 saturated carbocycles. The first-order valence-electron chi connectivity index (χ1n) is 4.76. The molecule has 0 bridgehead atoms. The van der Waals surface area contributed by atoms with Gasteiger partial charge >= 0.3 is 0 Å². The standard InChI is InChI=1S/C11H9N3S2.ClH/c12-14-11-8-2-4-16-10(8)5-9(13-11)7-1-3-15-6-7;/h1-6H,12H2,(H,13,14);1H. The molecular weight excluding hydrogens is 274 g/mol. The van der Waals surface area contributed by atoms with Crippen LogP contribution in [0, 0.1) is 0 Å². The van der Waals surface area contributed by atoms with E-state index in [0.29, 0.717) is 0 Å². The second-order valence-electron chi connectivity index (χ2n) is 3.34. The number of thiophene rings is 2. The molecule has 3 aromatic rings. The zero-order valence-electron chi connectivity index (χ0n) is 8.71. The van der Waals surface area contributed by atoms with Crippen molar-refractivity contribution in [2.75, 3.05) is 5.43 Å². The number of halogens is 1. The second-order valence-corrected chi connectivity index (χ2v) is 5.07. The Morgan fingerprint density at radius 3 is 2.82 bits per heavy atom. The maximum absolute atomic E-state index is 5.49. The Bertz CT molecular complexity index is 619. The number of nitrogen functional groups attached to an aromatic ring is 1. The van der Waals surface area contributed by atoms with Gasteiger partial charge in [0.15, 0.2) is 0 Å². The zero-order chi connectivity index (χ0) is 11.0. The van der Waals surface area contributed by atoms with Crippen LogP contribution >= 0.6 is 35.1 Å². The molecule has 0 unspecified atom stereocenters. The van der Waals surface area contributed by atoms with Gasteiger partial charge in [-0.25, -0.2) is 10.8 Å². The van der Waals surface area contributed by atoms with Crippen molar-refractivity contribution in [1.82, 2.24) is 4.98 Å². The molecule has 88 valence electrons. The molecule has 3 heterocycles. The second kappa shape index (κ2) is 5.01. The van der Waals surface area contributed by atoms with Crippen molar-refractivity contribution in [3.8, 4) is 11.3 Å². The summed E-state index contributed by atoms with van der Waals surface area (Å²) in [6.45, 7) is 0. The molecule has 0 saturated heterocycles. The van der Waals surface area contributed by atoms with Gasteiger partial charge in [0.2, 0.25) is 0 Å². The molecule has 0 atom stereocenters. The molecule has 6 heteroatoms. The highest BCUT2D eigenvalue weighted by Gasteiger charge is 2.07. The summed E-state index contributed by atoms with van der Waals surface area (Å²) < 4.78 is 1.20. The van der Waals surface area contributed by atoms with E-state index in [1.807, 2.05) is 16.8 Å². The number of hydrazine groups is 1. The van der Waals surface area contributed by atoms with E-state index < -0.39 is 0 Å². The van der Waals surface area contributed by atoms with Gasteiger partial charge in [-0.1, -0.05) is 0 Å². The van der Waals surface area contributed by atoms with Gasteiger partial charge in [0.05, 0.1) is 5.69 Å². The van der Waals surface area contributed by atoms with Gasteiger partial charge in [-0.2, -0.15) is 11.3 Å². The van der Waals surface area contributed by atoms with Crippen LogP contribution in [0.2, 0.25) is 0 Å². The summed E-state index contributed by atoms with van der Waals surface area (Å²) in [5.41, 5.74) is 4.76. The van der Waals surface area contributed by atoms with E-state index in [-0.39, 0.29) is 12.4 Å². The maximum Gasteiger partial charge on any atom is 0.149 e. The molecule has 17 heavy (non-hydrogen) atoms. The lowest BCUT2D eigenvalue weighted by atomic mass is 10.2. The molecule has 0 spiro atoms. The SMILES string of the molecule is Cl.NNc1nc(-c2ccsc2)cc2sccc12. The number of hydrogen-bond donors (Lipinski definition) is 2. The predicted molar refractivity (Wildman–Crippen MR) is 78.0 cm³/mol. The third-order valence-corrected chi connectivity index (χ3v) is 3.95. The maximum atomic E-state index is 5.49. The largest absolute Gasteiger partial charge is 0.308 e. The molecule has 3 N–H and O–H groups in total. The lowest BCUT2D eigenvalue weighted by Gasteiger charge is -2.04. The van der Waals surface area contributed by atoms with Crippen LogP contribution in [-0.4, -0.2) is 4.98 Å². The van der Waals surface area contributed by atoms with E-state index in [9.17, 15) is 0 Å². The first-order chi connectivity index (χ1) is 7.88. The Labute approximate surface area is 113 Å². The minimum absolute atomic E-state index is 0. The average molecular weight is 284 g/mol. The van der Waals surface area contributed by atoms with Crippen LogP contribution in [0.1, 0.15) is 0 Å². The van der Waals surface area contributed by atoms with Crippen LogP contribution in [0.15, 0.2) is 34.3 Å². The fourth-order valence-corrected chi connectivity index (χ4v) is 3.11. The highest BCUT2D eigenvalue weighted by atomic mass is 35.5. The molecule has 0 fully saturated rings. The quantitative estimate of drug-likeness (QED) is 0.556. The highest BCUT2D eigenvalue weighted by Crippen LogP contribution is 2.31. The minimum atomic E-state index is 0. The molecule has 0 aliphatic heterocycles. The van der Waals surface area contributed by atoms with Gasteiger partial charge in [0.25, 0.3) is 0 Å². The van der Waals surface area contributed by atoms with E-state index in [4.69, 9.17) is 5.84 Å². The number of nitrogens with two attached hydrogens (primary N) is 1. The summed E-state index contributed by atoms with van der Waals surface area (Å²) in [7, 11) is 0. The predicted octanol–water partition coefficient (Wildman–Crippen LogP) is 3.73. The molecule has 3 rings (SSSR count). The van der Waals surface area contributed by atoms with E-state index >= 15 is 0 Å². The van der Waals surface area contributed by atoms with Crippen molar-refractivity contribution >= 4 is 51.0 Å². The Balaban J connectivity index is 0.00000108. The van der Waals surface area contributed by atoms with Crippen molar-refractivity contribution in [2.45, 2.75) is 0 Å². The van der Waals surface area contributed by atoms with Crippen LogP contribution < -0.4 is 11.3 Å². The highest BCUT2D eigenvalue weighted by molar-refractivity contribution is 7.17. The topological polar surface area (TPSA) is 50.9 Å². The molecule has 3 aromatic heterocycles. The Morgan fingerprint density at radius 2 is 2.12 bits per heavy atom. The Morgan fingerprint density at radius 1 is 1.24 bits per heavy atom. The van der Waals surface area contributed by atoms with Crippen molar-refractivity contribution in [3.63, 3.8) is 0 Å². The molecular formula is C11H10ClN3S2. The van der Waals surface area contributed by atoms with Gasteiger partial charge in [-0.05, 0) is 29.0 Å².